The van der Waals surface area contributed by atoms with Crippen molar-refractivity contribution in [2.75, 3.05) is 32.9 Å². The summed E-state index contributed by atoms with van der Waals surface area (Å²) in [6, 6.07) is 19.8. The van der Waals surface area contributed by atoms with Crippen LogP contribution < -0.4 is 15.4 Å². The Balaban J connectivity index is 1.29. The number of benzene rings is 2. The number of para-hydroxylation sites is 1. The molecule has 2 aromatic rings. The Hall–Kier alpha value is -1.88. The van der Waals surface area contributed by atoms with Gasteiger partial charge in [0, 0.05) is 30.7 Å². The Bertz CT molecular complexity index is 701. The Kier molecular flexibility index (Phi) is 6.40. The molecular formula is C23H30N2O2. The number of nitrogens with one attached hydrogen (secondary N) is 2. The van der Waals surface area contributed by atoms with Crippen LogP contribution in [0.1, 0.15) is 19.3 Å². The van der Waals surface area contributed by atoms with Crippen molar-refractivity contribution in [3.05, 3.63) is 54.6 Å². The van der Waals surface area contributed by atoms with Crippen molar-refractivity contribution in [2.24, 2.45) is 5.92 Å². The Morgan fingerprint density at radius 3 is 2.74 bits per heavy atom. The number of ether oxygens (including phenoxy) is 2. The molecule has 0 radical (unpaired) electrons. The monoisotopic (exact) mass is 366 g/mol. The highest BCUT2D eigenvalue weighted by atomic mass is 16.5. The predicted molar refractivity (Wildman–Crippen MR) is 109 cm³/mol. The van der Waals surface area contributed by atoms with Crippen molar-refractivity contribution in [3.8, 4) is 16.9 Å². The zero-order chi connectivity index (χ0) is 18.3. The first-order valence-electron chi connectivity index (χ1n) is 10.2. The van der Waals surface area contributed by atoms with E-state index in [1.54, 1.807) is 0 Å². The van der Waals surface area contributed by atoms with Crippen LogP contribution in [0.4, 0.5) is 0 Å². The molecule has 4 nitrogen and oxygen atoms in total. The van der Waals surface area contributed by atoms with Gasteiger partial charge in [0.2, 0.25) is 0 Å². The van der Waals surface area contributed by atoms with Gasteiger partial charge >= 0.3 is 0 Å². The number of morpholine rings is 1. The van der Waals surface area contributed by atoms with Gasteiger partial charge < -0.3 is 20.1 Å². The van der Waals surface area contributed by atoms with Crippen molar-refractivity contribution in [1.29, 1.82) is 0 Å². The van der Waals surface area contributed by atoms with E-state index in [0.717, 1.165) is 37.6 Å². The average molecular weight is 367 g/mol. The number of rotatable bonds is 7. The second kappa shape index (κ2) is 9.36. The second-order valence-corrected chi connectivity index (χ2v) is 7.50. The molecule has 4 rings (SSSR count). The van der Waals surface area contributed by atoms with Crippen LogP contribution >= 0.6 is 0 Å². The van der Waals surface area contributed by atoms with Gasteiger partial charge in [0.15, 0.2) is 0 Å². The van der Waals surface area contributed by atoms with Gasteiger partial charge in [0.05, 0.1) is 13.2 Å². The number of hydrogen-bond donors (Lipinski definition) is 2. The summed E-state index contributed by atoms with van der Waals surface area (Å²) in [5, 5.41) is 7.37. The van der Waals surface area contributed by atoms with E-state index in [-0.39, 0.29) is 0 Å². The largest absolute Gasteiger partial charge is 0.492 e. The van der Waals surface area contributed by atoms with E-state index in [1.807, 2.05) is 12.1 Å². The first kappa shape index (κ1) is 18.5. The van der Waals surface area contributed by atoms with Crippen molar-refractivity contribution in [1.82, 2.24) is 10.6 Å². The third kappa shape index (κ3) is 4.70. The molecule has 1 saturated heterocycles. The highest BCUT2D eigenvalue weighted by Crippen LogP contribution is 2.30. The molecule has 144 valence electrons. The first-order chi connectivity index (χ1) is 13.4. The molecule has 0 bridgehead atoms. The minimum atomic E-state index is 0.499. The zero-order valence-corrected chi connectivity index (χ0v) is 15.9. The molecule has 0 spiro atoms. The molecule has 2 aliphatic rings. The van der Waals surface area contributed by atoms with E-state index in [2.05, 4.69) is 53.1 Å². The van der Waals surface area contributed by atoms with E-state index in [0.29, 0.717) is 24.6 Å². The van der Waals surface area contributed by atoms with Gasteiger partial charge in [-0.2, -0.15) is 0 Å². The van der Waals surface area contributed by atoms with Gasteiger partial charge in [0.1, 0.15) is 12.4 Å². The fourth-order valence-electron chi connectivity index (χ4n) is 4.44. The van der Waals surface area contributed by atoms with Gasteiger partial charge in [-0.1, -0.05) is 55.0 Å². The average Bonchev–Trinajstić information content (AvgIpc) is 3.21. The lowest BCUT2D eigenvalue weighted by atomic mass is 9.94. The summed E-state index contributed by atoms with van der Waals surface area (Å²) in [5.74, 6) is 1.62. The lowest BCUT2D eigenvalue weighted by Crippen LogP contribution is -2.51. The molecule has 27 heavy (non-hydrogen) atoms. The quantitative estimate of drug-likeness (QED) is 0.737. The Labute approximate surface area is 162 Å². The molecule has 1 saturated carbocycles. The summed E-state index contributed by atoms with van der Waals surface area (Å²) in [5.41, 5.74) is 2.35. The smallest absolute Gasteiger partial charge is 0.127 e. The zero-order valence-electron chi connectivity index (χ0n) is 15.9. The van der Waals surface area contributed by atoms with Crippen molar-refractivity contribution in [2.45, 2.75) is 31.3 Å². The van der Waals surface area contributed by atoms with Crippen LogP contribution in [0.5, 0.6) is 5.75 Å². The van der Waals surface area contributed by atoms with Gasteiger partial charge in [-0.15, -0.1) is 0 Å². The van der Waals surface area contributed by atoms with E-state index in [4.69, 9.17) is 9.47 Å². The van der Waals surface area contributed by atoms with E-state index in [1.165, 1.54) is 24.8 Å². The molecule has 3 atom stereocenters. The number of hydrogen-bond acceptors (Lipinski definition) is 4. The predicted octanol–water partition coefficient (Wildman–Crippen LogP) is 3.48. The fraction of sp³-hybridized carbons (Fsp3) is 0.478. The van der Waals surface area contributed by atoms with E-state index >= 15 is 0 Å². The molecule has 1 aliphatic carbocycles. The van der Waals surface area contributed by atoms with Crippen LogP contribution in [0.25, 0.3) is 11.1 Å². The van der Waals surface area contributed by atoms with Gasteiger partial charge in [-0.3, -0.25) is 0 Å². The normalized spacial score (nSPS) is 25.4. The van der Waals surface area contributed by atoms with Gasteiger partial charge in [-0.05, 0) is 30.4 Å². The van der Waals surface area contributed by atoms with Crippen LogP contribution in [0.15, 0.2) is 54.6 Å². The highest BCUT2D eigenvalue weighted by Gasteiger charge is 2.34. The topological polar surface area (TPSA) is 42.5 Å². The summed E-state index contributed by atoms with van der Waals surface area (Å²) >= 11 is 0. The Morgan fingerprint density at radius 2 is 1.89 bits per heavy atom. The highest BCUT2D eigenvalue weighted by molar-refractivity contribution is 5.70. The summed E-state index contributed by atoms with van der Waals surface area (Å²) < 4.78 is 11.8. The maximum absolute atomic E-state index is 6.13. The molecule has 3 unspecified atom stereocenters. The maximum atomic E-state index is 6.13. The fourth-order valence-corrected chi connectivity index (χ4v) is 4.44. The van der Waals surface area contributed by atoms with E-state index in [9.17, 15) is 0 Å². The van der Waals surface area contributed by atoms with Crippen LogP contribution in [0, 0.1) is 5.92 Å². The van der Waals surface area contributed by atoms with Crippen molar-refractivity contribution in [3.63, 3.8) is 0 Å². The molecule has 2 N–H and O–H groups in total. The molecule has 2 aromatic carbocycles. The minimum absolute atomic E-state index is 0.499. The SMILES string of the molecule is c1ccc(-c2ccccc2OCCNC2CCCC2C2COCCN2)cc1. The minimum Gasteiger partial charge on any atom is -0.492 e. The summed E-state index contributed by atoms with van der Waals surface area (Å²) in [7, 11) is 0. The van der Waals surface area contributed by atoms with Gasteiger partial charge in [-0.25, -0.2) is 0 Å². The van der Waals surface area contributed by atoms with Crippen LogP contribution in [-0.2, 0) is 4.74 Å². The molecule has 4 heteroatoms. The first-order valence-corrected chi connectivity index (χ1v) is 10.2. The summed E-state index contributed by atoms with van der Waals surface area (Å²) in [4.78, 5) is 0. The molecule has 0 amide bonds. The lowest BCUT2D eigenvalue weighted by Gasteiger charge is -2.33. The third-order valence-electron chi connectivity index (χ3n) is 5.77. The van der Waals surface area contributed by atoms with E-state index < -0.39 is 0 Å². The summed E-state index contributed by atoms with van der Waals surface area (Å²) in [6.45, 7) is 4.23. The third-order valence-corrected chi connectivity index (χ3v) is 5.77. The molecule has 1 aliphatic heterocycles. The van der Waals surface area contributed by atoms with Crippen molar-refractivity contribution < 1.29 is 9.47 Å². The van der Waals surface area contributed by atoms with Crippen LogP contribution in [0.3, 0.4) is 0 Å². The maximum Gasteiger partial charge on any atom is 0.127 e. The lowest BCUT2D eigenvalue weighted by molar-refractivity contribution is 0.0523. The summed E-state index contributed by atoms with van der Waals surface area (Å²) in [6.07, 6.45) is 3.85. The van der Waals surface area contributed by atoms with Crippen LogP contribution in [-0.4, -0.2) is 45.0 Å². The standard InChI is InChI=1S/C23H30N2O2/c1-2-7-18(8-3-1)19-9-4-5-12-23(19)27-16-14-24-21-11-6-10-20(21)22-17-26-15-13-25-22/h1-5,7-9,12,20-22,24-25H,6,10-11,13-17H2. The van der Waals surface area contributed by atoms with Gasteiger partial charge in [0.25, 0.3) is 0 Å². The Morgan fingerprint density at radius 1 is 1.04 bits per heavy atom. The molecule has 0 aromatic heterocycles. The second-order valence-electron chi connectivity index (χ2n) is 7.50. The van der Waals surface area contributed by atoms with Crippen molar-refractivity contribution >= 4 is 0 Å². The molecular weight excluding hydrogens is 336 g/mol. The molecule has 1 heterocycles. The van der Waals surface area contributed by atoms with Crippen LogP contribution in [0.2, 0.25) is 0 Å². The molecule has 2 fully saturated rings.